The lowest BCUT2D eigenvalue weighted by molar-refractivity contribution is -0.136. The minimum Gasteiger partial charge on any atom is -0.481 e. The summed E-state index contributed by atoms with van der Waals surface area (Å²) in [5.74, 6) is -0.779. The van der Waals surface area contributed by atoms with E-state index in [0.717, 1.165) is 29.3 Å². The van der Waals surface area contributed by atoms with Gasteiger partial charge < -0.3 is 10.0 Å². The first-order chi connectivity index (χ1) is 10.2. The summed E-state index contributed by atoms with van der Waals surface area (Å²) >= 11 is 0. The Balaban J connectivity index is 2.06. The lowest BCUT2D eigenvalue weighted by Gasteiger charge is -2.25. The number of benzene rings is 2. The van der Waals surface area contributed by atoms with Crippen LogP contribution in [-0.4, -0.2) is 23.7 Å². The zero-order valence-corrected chi connectivity index (χ0v) is 11.6. The molecule has 2 aromatic carbocycles. The molecule has 0 atom stereocenters. The molecule has 4 nitrogen and oxygen atoms in total. The number of nitrogens with zero attached hydrogens (tertiary/aromatic N) is 2. The molecular weight excluding hydrogens is 264 g/mol. The van der Waals surface area contributed by atoms with E-state index < -0.39 is 5.97 Å². The molecule has 0 heterocycles. The summed E-state index contributed by atoms with van der Waals surface area (Å²) in [5.41, 5.74) is 1.69. The van der Waals surface area contributed by atoms with Gasteiger partial charge in [0.25, 0.3) is 0 Å². The highest BCUT2D eigenvalue weighted by Gasteiger charge is 2.30. The second-order valence-corrected chi connectivity index (χ2v) is 5.36. The lowest BCUT2D eigenvalue weighted by atomic mass is 10.0. The first-order valence-corrected chi connectivity index (χ1v) is 7.11. The average molecular weight is 280 g/mol. The fourth-order valence-electron chi connectivity index (χ4n) is 2.73. The van der Waals surface area contributed by atoms with Gasteiger partial charge in [0.2, 0.25) is 0 Å². The van der Waals surface area contributed by atoms with E-state index in [2.05, 4.69) is 11.0 Å². The molecule has 106 valence electrons. The van der Waals surface area contributed by atoms with Gasteiger partial charge in [-0.25, -0.2) is 0 Å². The van der Waals surface area contributed by atoms with Crippen LogP contribution in [0.25, 0.3) is 10.8 Å². The van der Waals surface area contributed by atoms with Crippen LogP contribution in [0.1, 0.15) is 24.8 Å². The minimum atomic E-state index is -0.779. The highest BCUT2D eigenvalue weighted by atomic mass is 16.4. The summed E-state index contributed by atoms with van der Waals surface area (Å²) in [6.45, 7) is 0.510. The zero-order chi connectivity index (χ0) is 14.8. The van der Waals surface area contributed by atoms with Crippen molar-refractivity contribution < 1.29 is 9.90 Å². The third-order valence-corrected chi connectivity index (χ3v) is 3.89. The Kier molecular flexibility index (Phi) is 3.49. The van der Waals surface area contributed by atoms with E-state index in [1.54, 1.807) is 0 Å². The van der Waals surface area contributed by atoms with Gasteiger partial charge in [0.1, 0.15) is 0 Å². The first-order valence-electron chi connectivity index (χ1n) is 7.11. The largest absolute Gasteiger partial charge is 0.481 e. The summed E-state index contributed by atoms with van der Waals surface area (Å²) in [6, 6.07) is 14.2. The molecule has 0 amide bonds. The summed E-state index contributed by atoms with van der Waals surface area (Å²) < 4.78 is 0. The summed E-state index contributed by atoms with van der Waals surface area (Å²) in [7, 11) is 0. The van der Waals surface area contributed by atoms with E-state index in [4.69, 9.17) is 5.11 Å². The SMILES string of the molecule is N#Cc1ccc(N(CCC(=O)O)C2CC2)c2ccccc12. The smallest absolute Gasteiger partial charge is 0.305 e. The molecule has 4 heteroatoms. The van der Waals surface area contributed by atoms with Crippen LogP contribution in [0.5, 0.6) is 0 Å². The third kappa shape index (κ3) is 2.68. The van der Waals surface area contributed by atoms with E-state index in [9.17, 15) is 10.1 Å². The van der Waals surface area contributed by atoms with Gasteiger partial charge in [-0.3, -0.25) is 4.79 Å². The van der Waals surface area contributed by atoms with Gasteiger partial charge in [-0.15, -0.1) is 0 Å². The maximum absolute atomic E-state index is 10.9. The van der Waals surface area contributed by atoms with Crippen molar-refractivity contribution in [3.05, 3.63) is 42.0 Å². The Morgan fingerprint density at radius 3 is 2.57 bits per heavy atom. The van der Waals surface area contributed by atoms with E-state index >= 15 is 0 Å². The Labute approximate surface area is 123 Å². The standard InChI is InChI=1S/C17H16N2O2/c18-11-12-5-8-16(15-4-2-1-3-14(12)15)19(13-6-7-13)10-9-17(20)21/h1-5,8,13H,6-7,9-10H2,(H,20,21). The minimum absolute atomic E-state index is 0.130. The normalized spacial score (nSPS) is 13.9. The summed E-state index contributed by atoms with van der Waals surface area (Å²) in [5, 5.41) is 20.1. The maximum Gasteiger partial charge on any atom is 0.305 e. The second kappa shape index (κ2) is 5.45. The quantitative estimate of drug-likeness (QED) is 0.913. The van der Waals surface area contributed by atoms with Crippen molar-refractivity contribution in [3.63, 3.8) is 0 Å². The van der Waals surface area contributed by atoms with Gasteiger partial charge in [0.05, 0.1) is 18.1 Å². The van der Waals surface area contributed by atoms with E-state index in [1.807, 2.05) is 36.4 Å². The van der Waals surface area contributed by atoms with E-state index in [1.165, 1.54) is 0 Å². The van der Waals surface area contributed by atoms with Gasteiger partial charge in [-0.05, 0) is 25.0 Å². The van der Waals surface area contributed by atoms with Crippen molar-refractivity contribution >= 4 is 22.4 Å². The van der Waals surface area contributed by atoms with Crippen LogP contribution in [0.15, 0.2) is 36.4 Å². The van der Waals surface area contributed by atoms with E-state index in [0.29, 0.717) is 18.2 Å². The van der Waals surface area contributed by atoms with Crippen molar-refractivity contribution in [2.45, 2.75) is 25.3 Å². The predicted molar refractivity (Wildman–Crippen MR) is 81.3 cm³/mol. The summed E-state index contributed by atoms with van der Waals surface area (Å²) in [6.07, 6.45) is 2.34. The average Bonchev–Trinajstić information content (AvgIpc) is 3.32. The molecule has 3 rings (SSSR count). The molecule has 0 bridgehead atoms. The number of hydrogen-bond donors (Lipinski definition) is 1. The van der Waals surface area contributed by atoms with E-state index in [-0.39, 0.29) is 6.42 Å². The number of aliphatic carboxylic acids is 1. The van der Waals surface area contributed by atoms with Gasteiger partial charge in [-0.2, -0.15) is 5.26 Å². The molecule has 1 fully saturated rings. The fourth-order valence-corrected chi connectivity index (χ4v) is 2.73. The van der Waals surface area contributed by atoms with Crippen LogP contribution >= 0.6 is 0 Å². The van der Waals surface area contributed by atoms with Crippen LogP contribution < -0.4 is 4.90 Å². The van der Waals surface area contributed by atoms with Crippen molar-refractivity contribution in [3.8, 4) is 6.07 Å². The van der Waals surface area contributed by atoms with Crippen LogP contribution in [0, 0.1) is 11.3 Å². The molecule has 1 aliphatic rings. The van der Waals surface area contributed by atoms with Crippen LogP contribution in [0.3, 0.4) is 0 Å². The van der Waals surface area contributed by atoms with Crippen LogP contribution in [-0.2, 0) is 4.79 Å². The van der Waals surface area contributed by atoms with Crippen molar-refractivity contribution in [2.75, 3.05) is 11.4 Å². The number of hydrogen-bond acceptors (Lipinski definition) is 3. The monoisotopic (exact) mass is 280 g/mol. The number of nitriles is 1. The number of carbonyl (C=O) groups is 1. The van der Waals surface area contributed by atoms with Gasteiger partial charge >= 0.3 is 5.97 Å². The van der Waals surface area contributed by atoms with Crippen molar-refractivity contribution in [1.29, 1.82) is 5.26 Å². The topological polar surface area (TPSA) is 64.3 Å². The number of carboxylic acid groups (broad SMARTS) is 1. The molecular formula is C17H16N2O2. The second-order valence-electron chi connectivity index (χ2n) is 5.36. The molecule has 1 aliphatic carbocycles. The number of carboxylic acids is 1. The fraction of sp³-hybridized carbons (Fsp3) is 0.294. The Hall–Kier alpha value is -2.54. The highest BCUT2D eigenvalue weighted by Crippen LogP contribution is 2.36. The number of fused-ring (bicyclic) bond motifs is 1. The lowest BCUT2D eigenvalue weighted by Crippen LogP contribution is -2.28. The first kappa shape index (κ1) is 13.4. The third-order valence-electron chi connectivity index (χ3n) is 3.89. The maximum atomic E-state index is 10.9. The molecule has 0 aromatic heterocycles. The number of rotatable bonds is 5. The van der Waals surface area contributed by atoms with Crippen molar-refractivity contribution in [1.82, 2.24) is 0 Å². The molecule has 0 spiro atoms. The molecule has 21 heavy (non-hydrogen) atoms. The molecule has 1 saturated carbocycles. The van der Waals surface area contributed by atoms with Gasteiger partial charge in [0, 0.05) is 29.0 Å². The summed E-state index contributed by atoms with van der Waals surface area (Å²) in [4.78, 5) is 13.1. The highest BCUT2D eigenvalue weighted by molar-refractivity contribution is 5.98. The predicted octanol–water partition coefficient (Wildman–Crippen LogP) is 3.15. The molecule has 1 N–H and O–H groups in total. The van der Waals surface area contributed by atoms with Gasteiger partial charge in [-0.1, -0.05) is 24.3 Å². The molecule has 2 aromatic rings. The van der Waals surface area contributed by atoms with Crippen LogP contribution in [0.4, 0.5) is 5.69 Å². The van der Waals surface area contributed by atoms with Gasteiger partial charge in [0.15, 0.2) is 0 Å². The molecule has 0 aliphatic heterocycles. The molecule has 0 unspecified atom stereocenters. The number of anilines is 1. The molecule has 0 radical (unpaired) electrons. The zero-order valence-electron chi connectivity index (χ0n) is 11.6. The Morgan fingerprint density at radius 2 is 1.95 bits per heavy atom. The van der Waals surface area contributed by atoms with Crippen molar-refractivity contribution in [2.24, 2.45) is 0 Å². The molecule has 0 saturated heterocycles. The Bertz CT molecular complexity index is 729. The van der Waals surface area contributed by atoms with Crippen LogP contribution in [0.2, 0.25) is 0 Å². The Morgan fingerprint density at radius 1 is 1.24 bits per heavy atom.